The topological polar surface area (TPSA) is 124 Å². The van der Waals surface area contributed by atoms with Gasteiger partial charge in [0.2, 0.25) is 5.82 Å². The van der Waals surface area contributed by atoms with Gasteiger partial charge in [-0.15, -0.1) is 10.2 Å². The van der Waals surface area contributed by atoms with Gasteiger partial charge in [-0.3, -0.25) is 0 Å². The molecule has 0 saturated carbocycles. The lowest BCUT2D eigenvalue weighted by molar-refractivity contribution is 0.0696. The van der Waals surface area contributed by atoms with Gasteiger partial charge in [-0.2, -0.15) is 4.80 Å². The maximum Gasteiger partial charge on any atom is 0.335 e. The normalized spacial score (nSPS) is 11.3. The van der Waals surface area contributed by atoms with Gasteiger partial charge in [0, 0.05) is 10.7 Å². The third-order valence-corrected chi connectivity index (χ3v) is 3.70. The molecule has 0 aliphatic heterocycles. The standard InChI is InChI=1S/C10H9ClN4O5S/c1-15-13-9(12-14-15)5-20-7-3-2-6(10(16)17)4-8(7)21(11,18)19/h2-4H,5H2,1H3,(H,16,17). The average molecular weight is 333 g/mol. The highest BCUT2D eigenvalue weighted by atomic mass is 35.7. The second kappa shape index (κ2) is 5.66. The summed E-state index contributed by atoms with van der Waals surface area (Å²) in [4.78, 5) is 11.6. The Morgan fingerprint density at radius 3 is 2.71 bits per heavy atom. The number of aromatic carboxylic acids is 1. The lowest BCUT2D eigenvalue weighted by Gasteiger charge is -2.08. The second-order valence-corrected chi connectivity index (χ2v) is 6.42. The quantitative estimate of drug-likeness (QED) is 0.781. The van der Waals surface area contributed by atoms with Crippen LogP contribution in [0.5, 0.6) is 5.75 Å². The molecule has 11 heteroatoms. The van der Waals surface area contributed by atoms with E-state index in [1.54, 1.807) is 7.05 Å². The molecule has 1 heterocycles. The fraction of sp³-hybridized carbons (Fsp3) is 0.200. The Morgan fingerprint density at radius 2 is 2.19 bits per heavy atom. The van der Waals surface area contributed by atoms with Crippen molar-refractivity contribution in [2.24, 2.45) is 7.05 Å². The van der Waals surface area contributed by atoms with Crippen molar-refractivity contribution in [1.82, 2.24) is 20.2 Å². The summed E-state index contributed by atoms with van der Waals surface area (Å²) in [7, 11) is 2.67. The average Bonchev–Trinajstić information content (AvgIpc) is 2.81. The van der Waals surface area contributed by atoms with E-state index in [0.29, 0.717) is 0 Å². The Morgan fingerprint density at radius 1 is 1.48 bits per heavy atom. The van der Waals surface area contributed by atoms with Crippen LogP contribution in [0.4, 0.5) is 0 Å². The predicted molar refractivity (Wildman–Crippen MR) is 69.6 cm³/mol. The molecule has 0 saturated heterocycles. The molecule has 0 fully saturated rings. The smallest absolute Gasteiger partial charge is 0.335 e. The summed E-state index contributed by atoms with van der Waals surface area (Å²) >= 11 is 0. The summed E-state index contributed by atoms with van der Waals surface area (Å²) in [5, 5.41) is 20.0. The number of ether oxygens (including phenoxy) is 1. The largest absolute Gasteiger partial charge is 0.484 e. The molecule has 0 amide bonds. The second-order valence-electron chi connectivity index (χ2n) is 3.89. The number of tetrazole rings is 1. The molecule has 2 aromatic rings. The van der Waals surface area contributed by atoms with Gasteiger partial charge in [-0.1, -0.05) is 0 Å². The van der Waals surface area contributed by atoms with Crippen LogP contribution in [0.25, 0.3) is 0 Å². The molecular formula is C10H9ClN4O5S. The van der Waals surface area contributed by atoms with Crippen LogP contribution in [0.3, 0.4) is 0 Å². The number of carboxylic acids is 1. The SMILES string of the molecule is Cn1nnc(COc2ccc(C(=O)O)cc2S(=O)(=O)Cl)n1. The van der Waals surface area contributed by atoms with Gasteiger partial charge in [0.25, 0.3) is 9.05 Å². The number of nitrogens with zero attached hydrogens (tertiary/aromatic N) is 4. The fourth-order valence-corrected chi connectivity index (χ4v) is 2.47. The minimum atomic E-state index is -4.17. The zero-order chi connectivity index (χ0) is 15.6. The number of hydrogen-bond donors (Lipinski definition) is 1. The van der Waals surface area contributed by atoms with Crippen LogP contribution in [-0.4, -0.2) is 39.7 Å². The first kappa shape index (κ1) is 15.2. The molecule has 0 radical (unpaired) electrons. The molecule has 2 rings (SSSR count). The molecule has 0 spiro atoms. The van der Waals surface area contributed by atoms with Crippen LogP contribution in [0.1, 0.15) is 16.2 Å². The highest BCUT2D eigenvalue weighted by Crippen LogP contribution is 2.28. The van der Waals surface area contributed by atoms with Crippen molar-refractivity contribution in [3.05, 3.63) is 29.6 Å². The van der Waals surface area contributed by atoms with E-state index in [1.165, 1.54) is 16.9 Å². The molecule has 1 aromatic carbocycles. The number of hydrogen-bond acceptors (Lipinski definition) is 7. The van der Waals surface area contributed by atoms with Gasteiger partial charge < -0.3 is 9.84 Å². The van der Waals surface area contributed by atoms with Crippen molar-refractivity contribution in [2.45, 2.75) is 11.5 Å². The third-order valence-electron chi connectivity index (χ3n) is 2.36. The van der Waals surface area contributed by atoms with Gasteiger partial charge in [0.1, 0.15) is 10.6 Å². The molecule has 0 aliphatic rings. The van der Waals surface area contributed by atoms with Crippen LogP contribution in [0.15, 0.2) is 23.1 Å². The van der Waals surface area contributed by atoms with Gasteiger partial charge in [0.05, 0.1) is 12.6 Å². The molecule has 1 N–H and O–H groups in total. The third kappa shape index (κ3) is 3.67. The molecule has 0 bridgehead atoms. The zero-order valence-electron chi connectivity index (χ0n) is 10.6. The Balaban J connectivity index is 2.32. The van der Waals surface area contributed by atoms with Crippen LogP contribution < -0.4 is 4.74 Å². The summed E-state index contributed by atoms with van der Waals surface area (Å²) in [6.45, 7) is -0.139. The Kier molecular flexibility index (Phi) is 4.09. The van der Waals surface area contributed by atoms with E-state index in [-0.39, 0.29) is 23.7 Å². The van der Waals surface area contributed by atoms with E-state index in [2.05, 4.69) is 15.4 Å². The number of benzene rings is 1. The zero-order valence-corrected chi connectivity index (χ0v) is 12.2. The van der Waals surface area contributed by atoms with Crippen LogP contribution in [-0.2, 0) is 22.7 Å². The number of rotatable bonds is 5. The molecule has 9 nitrogen and oxygen atoms in total. The maximum atomic E-state index is 11.5. The monoisotopic (exact) mass is 332 g/mol. The van der Waals surface area contributed by atoms with E-state index in [1.807, 2.05) is 0 Å². The highest BCUT2D eigenvalue weighted by Gasteiger charge is 2.20. The Labute approximate surface area is 123 Å². The van der Waals surface area contributed by atoms with Crippen LogP contribution in [0.2, 0.25) is 0 Å². The molecular weight excluding hydrogens is 324 g/mol. The molecule has 0 unspecified atom stereocenters. The summed E-state index contributed by atoms with van der Waals surface area (Å²) in [5.74, 6) is -1.14. The van der Waals surface area contributed by atoms with E-state index < -0.39 is 19.9 Å². The van der Waals surface area contributed by atoms with Crippen LogP contribution >= 0.6 is 10.7 Å². The van der Waals surface area contributed by atoms with Gasteiger partial charge in [-0.25, -0.2) is 13.2 Å². The first-order valence-electron chi connectivity index (χ1n) is 5.45. The summed E-state index contributed by atoms with van der Waals surface area (Å²) in [5.41, 5.74) is -0.223. The minimum absolute atomic E-state index is 0.0950. The maximum absolute atomic E-state index is 11.5. The summed E-state index contributed by atoms with van der Waals surface area (Å²) < 4.78 is 28.2. The van der Waals surface area contributed by atoms with Gasteiger partial charge in [-0.05, 0) is 23.4 Å². The molecule has 112 valence electrons. The lowest BCUT2D eigenvalue weighted by atomic mass is 10.2. The van der Waals surface area contributed by atoms with Gasteiger partial charge >= 0.3 is 5.97 Å². The van der Waals surface area contributed by atoms with E-state index in [0.717, 1.165) is 6.07 Å². The number of halogens is 1. The Bertz CT molecular complexity index is 788. The number of aromatic nitrogens is 4. The molecule has 0 atom stereocenters. The number of carboxylic acid groups (broad SMARTS) is 1. The number of aryl methyl sites for hydroxylation is 1. The van der Waals surface area contributed by atoms with E-state index in [9.17, 15) is 13.2 Å². The summed E-state index contributed by atoms with van der Waals surface area (Å²) in [6.07, 6.45) is 0. The van der Waals surface area contributed by atoms with Crippen molar-refractivity contribution in [3.63, 3.8) is 0 Å². The molecule has 1 aromatic heterocycles. The summed E-state index contributed by atoms with van der Waals surface area (Å²) in [6, 6.07) is 3.33. The van der Waals surface area contributed by atoms with Gasteiger partial charge in [0.15, 0.2) is 6.61 Å². The van der Waals surface area contributed by atoms with Crippen molar-refractivity contribution < 1.29 is 23.1 Å². The van der Waals surface area contributed by atoms with Crippen LogP contribution in [0, 0.1) is 0 Å². The molecule has 21 heavy (non-hydrogen) atoms. The van der Waals surface area contributed by atoms with Crippen molar-refractivity contribution in [3.8, 4) is 5.75 Å². The first-order valence-corrected chi connectivity index (χ1v) is 7.76. The first-order chi connectivity index (χ1) is 9.77. The van der Waals surface area contributed by atoms with Crippen molar-refractivity contribution in [2.75, 3.05) is 0 Å². The predicted octanol–water partition coefficient (Wildman–Crippen LogP) is 0.415. The Hall–Kier alpha value is -2.20. The highest BCUT2D eigenvalue weighted by molar-refractivity contribution is 8.13. The minimum Gasteiger partial charge on any atom is -0.484 e. The van der Waals surface area contributed by atoms with Crippen molar-refractivity contribution in [1.29, 1.82) is 0 Å². The lowest BCUT2D eigenvalue weighted by Crippen LogP contribution is -2.05. The van der Waals surface area contributed by atoms with E-state index in [4.69, 9.17) is 20.5 Å². The fourth-order valence-electron chi connectivity index (χ4n) is 1.47. The molecule has 0 aliphatic carbocycles. The van der Waals surface area contributed by atoms with E-state index >= 15 is 0 Å². The number of carbonyl (C=O) groups is 1. The van der Waals surface area contributed by atoms with Crippen molar-refractivity contribution >= 4 is 25.7 Å².